The van der Waals surface area contributed by atoms with Gasteiger partial charge in [0.1, 0.15) is 5.75 Å². The Morgan fingerprint density at radius 1 is 1.13 bits per heavy atom. The number of alkyl halides is 3. The molecule has 2 aromatic heterocycles. The van der Waals surface area contributed by atoms with Gasteiger partial charge in [0.25, 0.3) is 0 Å². The van der Waals surface area contributed by atoms with Crippen LogP contribution in [0.4, 0.5) is 13.2 Å². The van der Waals surface area contributed by atoms with Gasteiger partial charge >= 0.3 is 6.18 Å². The molecule has 0 spiro atoms. The van der Waals surface area contributed by atoms with E-state index in [0.717, 1.165) is 11.2 Å². The van der Waals surface area contributed by atoms with E-state index in [0.29, 0.717) is 23.9 Å². The van der Waals surface area contributed by atoms with Crippen LogP contribution in [0.25, 0.3) is 5.65 Å². The molecule has 0 saturated heterocycles. The number of fused-ring (bicyclic) bond motifs is 1. The third kappa shape index (κ3) is 6.47. The fourth-order valence-corrected chi connectivity index (χ4v) is 2.68. The largest absolute Gasteiger partial charge is 0.484 e. The minimum atomic E-state index is -4.40. The Bertz CT molecular complexity index is 1010. The SMILES string of the molecule is CN=C(NCc1ccc(C)cc1OCC(F)(F)F)NCc1nnc2ccccn12.I. The van der Waals surface area contributed by atoms with Crippen LogP contribution in [0.1, 0.15) is 17.0 Å². The fraction of sp³-hybridized carbons (Fsp3) is 0.316. The molecular weight excluding hydrogens is 512 g/mol. The first-order valence-corrected chi connectivity index (χ1v) is 8.88. The number of hydrogen-bond donors (Lipinski definition) is 2. The summed E-state index contributed by atoms with van der Waals surface area (Å²) in [5.74, 6) is 1.36. The first-order valence-electron chi connectivity index (χ1n) is 8.88. The molecule has 0 amide bonds. The number of aryl methyl sites for hydroxylation is 1. The molecule has 0 bridgehead atoms. The van der Waals surface area contributed by atoms with E-state index in [-0.39, 0.29) is 36.3 Å². The van der Waals surface area contributed by atoms with E-state index in [9.17, 15) is 13.2 Å². The molecule has 0 saturated carbocycles. The van der Waals surface area contributed by atoms with Gasteiger partial charge in [-0.05, 0) is 30.7 Å². The maximum atomic E-state index is 12.5. The number of guanidine groups is 1. The predicted octanol–water partition coefficient (Wildman–Crippen LogP) is 3.46. The highest BCUT2D eigenvalue weighted by Crippen LogP contribution is 2.23. The van der Waals surface area contributed by atoms with Crippen LogP contribution in [0.2, 0.25) is 0 Å². The van der Waals surface area contributed by atoms with Crippen molar-refractivity contribution in [2.75, 3.05) is 13.7 Å². The van der Waals surface area contributed by atoms with E-state index >= 15 is 0 Å². The van der Waals surface area contributed by atoms with Crippen LogP contribution < -0.4 is 15.4 Å². The summed E-state index contributed by atoms with van der Waals surface area (Å²) in [5, 5.41) is 14.4. The molecule has 3 aromatic rings. The lowest BCUT2D eigenvalue weighted by atomic mass is 10.1. The number of pyridine rings is 1. The molecule has 30 heavy (non-hydrogen) atoms. The van der Waals surface area contributed by atoms with E-state index in [1.807, 2.05) is 34.9 Å². The Hall–Kier alpha value is -2.57. The van der Waals surface area contributed by atoms with Gasteiger partial charge in [-0.2, -0.15) is 13.2 Å². The topological polar surface area (TPSA) is 75.8 Å². The number of ether oxygens (including phenoxy) is 1. The van der Waals surface area contributed by atoms with E-state index < -0.39 is 12.8 Å². The van der Waals surface area contributed by atoms with Crippen LogP contribution in [0.15, 0.2) is 47.6 Å². The van der Waals surface area contributed by atoms with Crippen LogP contribution in [0.5, 0.6) is 5.75 Å². The average Bonchev–Trinajstić information content (AvgIpc) is 3.10. The van der Waals surface area contributed by atoms with Crippen LogP contribution in [0, 0.1) is 6.92 Å². The lowest BCUT2D eigenvalue weighted by Gasteiger charge is -2.16. The molecule has 11 heteroatoms. The summed E-state index contributed by atoms with van der Waals surface area (Å²) in [4.78, 5) is 4.13. The average molecular weight is 534 g/mol. The van der Waals surface area contributed by atoms with E-state index in [2.05, 4.69) is 25.8 Å². The first kappa shape index (κ1) is 23.7. The quantitative estimate of drug-likeness (QED) is 0.288. The number of halogens is 4. The summed E-state index contributed by atoms with van der Waals surface area (Å²) in [6.45, 7) is 1.07. The highest BCUT2D eigenvalue weighted by Gasteiger charge is 2.28. The number of nitrogens with one attached hydrogen (secondary N) is 2. The first-order chi connectivity index (χ1) is 13.9. The summed E-state index contributed by atoms with van der Waals surface area (Å²) < 4.78 is 44.3. The van der Waals surface area contributed by atoms with E-state index in [4.69, 9.17) is 4.74 Å². The van der Waals surface area contributed by atoms with Gasteiger partial charge in [0, 0.05) is 25.4 Å². The van der Waals surface area contributed by atoms with Crippen molar-refractivity contribution >= 4 is 35.6 Å². The number of aromatic nitrogens is 3. The zero-order valence-corrected chi connectivity index (χ0v) is 18.7. The molecular formula is C19H22F3IN6O. The number of nitrogens with zero attached hydrogens (tertiary/aromatic N) is 4. The van der Waals surface area contributed by atoms with Gasteiger partial charge in [0.15, 0.2) is 24.0 Å². The van der Waals surface area contributed by atoms with Crippen molar-refractivity contribution in [3.8, 4) is 5.75 Å². The Labute approximate surface area is 188 Å². The maximum absolute atomic E-state index is 12.5. The molecule has 1 aromatic carbocycles. The van der Waals surface area contributed by atoms with Crippen molar-refractivity contribution < 1.29 is 17.9 Å². The molecule has 0 fully saturated rings. The molecule has 3 rings (SSSR count). The molecule has 0 aliphatic rings. The van der Waals surface area contributed by atoms with Crippen molar-refractivity contribution in [1.29, 1.82) is 0 Å². The second-order valence-corrected chi connectivity index (χ2v) is 6.34. The second-order valence-electron chi connectivity index (χ2n) is 6.34. The van der Waals surface area contributed by atoms with Gasteiger partial charge in [-0.15, -0.1) is 34.2 Å². The minimum absolute atomic E-state index is 0. The summed E-state index contributed by atoms with van der Waals surface area (Å²) in [7, 11) is 1.60. The van der Waals surface area contributed by atoms with Crippen molar-refractivity contribution in [2.45, 2.75) is 26.2 Å². The smallest absolute Gasteiger partial charge is 0.422 e. The molecule has 0 atom stereocenters. The van der Waals surface area contributed by atoms with Crippen molar-refractivity contribution in [3.63, 3.8) is 0 Å². The zero-order valence-electron chi connectivity index (χ0n) is 16.4. The van der Waals surface area contributed by atoms with Crippen molar-refractivity contribution in [3.05, 3.63) is 59.5 Å². The van der Waals surface area contributed by atoms with Gasteiger partial charge in [0.05, 0.1) is 6.54 Å². The van der Waals surface area contributed by atoms with Crippen molar-refractivity contribution in [2.24, 2.45) is 4.99 Å². The molecule has 2 N–H and O–H groups in total. The third-order valence-corrected chi connectivity index (χ3v) is 4.08. The van der Waals surface area contributed by atoms with Gasteiger partial charge in [-0.3, -0.25) is 9.39 Å². The number of benzene rings is 1. The van der Waals surface area contributed by atoms with Gasteiger partial charge in [-0.1, -0.05) is 18.2 Å². The Balaban J connectivity index is 0.00000320. The highest BCUT2D eigenvalue weighted by molar-refractivity contribution is 14.0. The molecule has 2 heterocycles. The Kier molecular flexibility index (Phi) is 8.26. The van der Waals surface area contributed by atoms with Crippen LogP contribution in [-0.4, -0.2) is 40.4 Å². The Morgan fingerprint density at radius 2 is 1.90 bits per heavy atom. The van der Waals surface area contributed by atoms with Gasteiger partial charge < -0.3 is 15.4 Å². The monoisotopic (exact) mass is 534 g/mol. The number of hydrogen-bond acceptors (Lipinski definition) is 4. The van der Waals surface area contributed by atoms with Crippen molar-refractivity contribution in [1.82, 2.24) is 25.2 Å². The number of rotatable bonds is 6. The summed E-state index contributed by atoms with van der Waals surface area (Å²) in [6, 6.07) is 10.7. The summed E-state index contributed by atoms with van der Waals surface area (Å²) in [6.07, 6.45) is -2.54. The van der Waals surface area contributed by atoms with Crippen LogP contribution in [0.3, 0.4) is 0 Å². The lowest BCUT2D eigenvalue weighted by Crippen LogP contribution is -2.36. The fourth-order valence-electron chi connectivity index (χ4n) is 2.68. The van der Waals surface area contributed by atoms with Gasteiger partial charge in [0.2, 0.25) is 0 Å². The number of aliphatic imine (C=N–C) groups is 1. The summed E-state index contributed by atoms with van der Waals surface area (Å²) >= 11 is 0. The van der Waals surface area contributed by atoms with Crippen LogP contribution in [-0.2, 0) is 13.1 Å². The Morgan fingerprint density at radius 3 is 2.63 bits per heavy atom. The molecule has 162 valence electrons. The molecule has 0 aliphatic heterocycles. The maximum Gasteiger partial charge on any atom is 0.422 e. The third-order valence-electron chi connectivity index (χ3n) is 4.08. The molecule has 7 nitrogen and oxygen atoms in total. The van der Waals surface area contributed by atoms with Crippen LogP contribution >= 0.6 is 24.0 Å². The zero-order chi connectivity index (χ0) is 20.9. The van der Waals surface area contributed by atoms with E-state index in [1.165, 1.54) is 0 Å². The molecule has 0 aliphatic carbocycles. The minimum Gasteiger partial charge on any atom is -0.484 e. The summed E-state index contributed by atoms with van der Waals surface area (Å²) in [5.41, 5.74) is 2.14. The normalized spacial score (nSPS) is 11.8. The predicted molar refractivity (Wildman–Crippen MR) is 118 cm³/mol. The van der Waals surface area contributed by atoms with E-state index in [1.54, 1.807) is 26.1 Å². The molecule has 0 radical (unpaired) electrons. The second kappa shape index (κ2) is 10.5. The molecule has 0 unspecified atom stereocenters. The lowest BCUT2D eigenvalue weighted by molar-refractivity contribution is -0.153. The highest BCUT2D eigenvalue weighted by atomic mass is 127. The van der Waals surface area contributed by atoms with Gasteiger partial charge in [-0.25, -0.2) is 0 Å². The standard InChI is InChI=1S/C19H21F3N6O.HI/c1-13-6-7-14(15(9-13)29-12-19(20,21)22)10-24-18(23-2)25-11-17-27-26-16-5-3-4-8-28(16)17;/h3-9H,10-12H2,1-2H3,(H2,23,24,25);1H.